The Morgan fingerprint density at radius 1 is 1.23 bits per heavy atom. The van der Waals surface area contributed by atoms with Crippen molar-refractivity contribution in [2.75, 3.05) is 5.32 Å². The Kier molecular flexibility index (Phi) is 5.43. The fourth-order valence-electron chi connectivity index (χ4n) is 4.15. The Bertz CT molecular complexity index is 1100. The van der Waals surface area contributed by atoms with E-state index >= 15 is 0 Å². The van der Waals surface area contributed by atoms with Crippen LogP contribution in [0.4, 0.5) is 10.2 Å². The predicted molar refractivity (Wildman–Crippen MR) is 113 cm³/mol. The minimum Gasteiger partial charge on any atom is -0.362 e. The summed E-state index contributed by atoms with van der Waals surface area (Å²) in [6.07, 6.45) is 3.31. The van der Waals surface area contributed by atoms with Crippen molar-refractivity contribution in [1.82, 2.24) is 10.3 Å². The highest BCUT2D eigenvalue weighted by molar-refractivity contribution is 6.31. The summed E-state index contributed by atoms with van der Waals surface area (Å²) in [5, 5.41) is 6.20. The minimum absolute atomic E-state index is 0.0973. The molecule has 0 radical (unpaired) electrons. The Balaban J connectivity index is 1.86. The number of aryl methyl sites for hydroxylation is 1. The topological polar surface area (TPSA) is 71.1 Å². The molecule has 4 rings (SSSR count). The van der Waals surface area contributed by atoms with Crippen LogP contribution in [0.2, 0.25) is 5.02 Å². The zero-order chi connectivity index (χ0) is 21.4. The van der Waals surface area contributed by atoms with Gasteiger partial charge in [-0.2, -0.15) is 0 Å². The highest BCUT2D eigenvalue weighted by Crippen LogP contribution is 2.45. The number of allylic oxidation sites excluding steroid dienone is 3. The number of rotatable bonds is 3. The lowest BCUT2D eigenvalue weighted by molar-refractivity contribution is -0.116. The van der Waals surface area contributed by atoms with Gasteiger partial charge in [0, 0.05) is 45.7 Å². The maximum Gasteiger partial charge on any atom is 0.255 e. The summed E-state index contributed by atoms with van der Waals surface area (Å²) in [5.41, 5.74) is 2.92. The molecule has 30 heavy (non-hydrogen) atoms. The molecular weight excluding hydrogens is 405 g/mol. The number of dihydropyridines is 1. The fraction of sp³-hybridized carbons (Fsp3) is 0.261. The average molecular weight is 426 g/mol. The molecule has 7 heteroatoms. The van der Waals surface area contributed by atoms with E-state index in [0.717, 1.165) is 11.3 Å². The van der Waals surface area contributed by atoms with Crippen LogP contribution in [0.1, 0.15) is 43.2 Å². The molecule has 2 heterocycles. The normalized spacial score (nSPS) is 18.8. The Labute approximate surface area is 179 Å². The molecular formula is C23H21ClFN3O2. The molecule has 5 nitrogen and oxygen atoms in total. The van der Waals surface area contributed by atoms with Gasteiger partial charge in [0.05, 0.1) is 5.92 Å². The number of hydrogen-bond acceptors (Lipinski definition) is 4. The molecule has 0 fully saturated rings. The monoisotopic (exact) mass is 425 g/mol. The van der Waals surface area contributed by atoms with Crippen molar-refractivity contribution in [2.45, 2.75) is 39.0 Å². The highest BCUT2D eigenvalue weighted by atomic mass is 35.5. The van der Waals surface area contributed by atoms with Gasteiger partial charge >= 0.3 is 0 Å². The molecule has 2 N–H and O–H groups in total. The molecule has 0 saturated carbocycles. The number of carbonyl (C=O) groups excluding carboxylic acids is 2. The van der Waals surface area contributed by atoms with Gasteiger partial charge in [-0.15, -0.1) is 0 Å². The summed E-state index contributed by atoms with van der Waals surface area (Å²) in [6.45, 7) is 3.59. The van der Waals surface area contributed by atoms with E-state index < -0.39 is 17.6 Å². The number of anilines is 1. The molecule has 1 aromatic heterocycles. The Hall–Kier alpha value is -2.99. The number of benzene rings is 1. The number of pyridine rings is 1. The van der Waals surface area contributed by atoms with Crippen molar-refractivity contribution < 1.29 is 14.0 Å². The van der Waals surface area contributed by atoms with E-state index in [0.29, 0.717) is 36.4 Å². The minimum atomic E-state index is -0.883. The molecule has 0 saturated heterocycles. The SMILES string of the molecule is CC1=C(C(=O)Nc2ncccc2C)[C@H](c2c(F)cccc2Cl)C2=C(CCCC2=O)N1. The first-order chi connectivity index (χ1) is 14.4. The number of aromatic nitrogens is 1. The van der Waals surface area contributed by atoms with Crippen molar-refractivity contribution in [3.8, 4) is 0 Å². The molecule has 1 aliphatic carbocycles. The molecule has 0 spiro atoms. The fourth-order valence-corrected chi connectivity index (χ4v) is 4.42. The van der Waals surface area contributed by atoms with Crippen LogP contribution < -0.4 is 10.6 Å². The van der Waals surface area contributed by atoms with Crippen LogP contribution in [-0.4, -0.2) is 16.7 Å². The standard InChI is InChI=1S/C23H21ClFN3O2/c1-12-6-5-11-26-22(12)28-23(30)18-13(2)27-16-9-4-10-17(29)20(16)21(18)19-14(24)7-3-8-15(19)25/h3,5-8,11,21,27H,4,9-10H2,1-2H3,(H,26,28,30)/t21-/m1/s1. The summed E-state index contributed by atoms with van der Waals surface area (Å²) in [4.78, 5) is 30.5. The smallest absolute Gasteiger partial charge is 0.255 e. The quantitative estimate of drug-likeness (QED) is 0.741. The van der Waals surface area contributed by atoms with E-state index in [4.69, 9.17) is 11.6 Å². The van der Waals surface area contributed by atoms with Crippen molar-refractivity contribution in [3.05, 3.63) is 81.0 Å². The lowest BCUT2D eigenvalue weighted by Crippen LogP contribution is -2.36. The third kappa shape index (κ3) is 3.52. The second-order valence-electron chi connectivity index (χ2n) is 7.52. The summed E-state index contributed by atoms with van der Waals surface area (Å²) >= 11 is 6.38. The van der Waals surface area contributed by atoms with Crippen LogP contribution in [0, 0.1) is 12.7 Å². The van der Waals surface area contributed by atoms with Gasteiger partial charge < -0.3 is 10.6 Å². The summed E-state index contributed by atoms with van der Waals surface area (Å²) in [6, 6.07) is 7.98. The number of hydrogen-bond donors (Lipinski definition) is 2. The summed E-state index contributed by atoms with van der Waals surface area (Å²) in [5.74, 6) is -1.56. The van der Waals surface area contributed by atoms with Crippen LogP contribution in [0.5, 0.6) is 0 Å². The van der Waals surface area contributed by atoms with Crippen LogP contribution in [0.25, 0.3) is 0 Å². The molecule has 1 aliphatic heterocycles. The zero-order valence-electron chi connectivity index (χ0n) is 16.7. The van der Waals surface area contributed by atoms with Crippen LogP contribution in [-0.2, 0) is 9.59 Å². The van der Waals surface area contributed by atoms with Gasteiger partial charge in [0.15, 0.2) is 5.78 Å². The van der Waals surface area contributed by atoms with Crippen molar-refractivity contribution in [3.63, 3.8) is 0 Å². The van der Waals surface area contributed by atoms with Crippen molar-refractivity contribution >= 4 is 29.1 Å². The molecule has 154 valence electrons. The van der Waals surface area contributed by atoms with E-state index in [9.17, 15) is 14.0 Å². The second-order valence-corrected chi connectivity index (χ2v) is 7.93. The van der Waals surface area contributed by atoms with Gasteiger partial charge in [-0.1, -0.05) is 23.7 Å². The average Bonchev–Trinajstić information content (AvgIpc) is 2.69. The number of ketones is 1. The first-order valence-electron chi connectivity index (χ1n) is 9.79. The van der Waals surface area contributed by atoms with Crippen molar-refractivity contribution in [1.29, 1.82) is 0 Å². The summed E-state index contributed by atoms with van der Waals surface area (Å²) < 4.78 is 15.0. The Morgan fingerprint density at radius 3 is 2.77 bits per heavy atom. The molecule has 0 unspecified atom stereocenters. The number of halogens is 2. The molecule has 0 bridgehead atoms. The van der Waals surface area contributed by atoms with Crippen LogP contribution in [0.3, 0.4) is 0 Å². The summed E-state index contributed by atoms with van der Waals surface area (Å²) in [7, 11) is 0. The number of nitrogens with zero attached hydrogens (tertiary/aromatic N) is 1. The maximum absolute atomic E-state index is 15.0. The van der Waals surface area contributed by atoms with Crippen LogP contribution >= 0.6 is 11.6 Å². The number of Topliss-reactive ketones (excluding diaryl/α,β-unsaturated/α-hetero) is 1. The second kappa shape index (κ2) is 8.03. The highest BCUT2D eigenvalue weighted by Gasteiger charge is 2.40. The maximum atomic E-state index is 15.0. The van der Waals surface area contributed by atoms with E-state index in [1.54, 1.807) is 25.3 Å². The van der Waals surface area contributed by atoms with Gasteiger partial charge in [-0.3, -0.25) is 9.59 Å². The molecule has 1 amide bonds. The van der Waals surface area contributed by atoms with Gasteiger partial charge in [-0.25, -0.2) is 9.37 Å². The first kappa shape index (κ1) is 20.3. The number of nitrogens with one attached hydrogen (secondary N) is 2. The van der Waals surface area contributed by atoms with E-state index in [1.165, 1.54) is 12.1 Å². The van der Waals surface area contributed by atoms with Crippen LogP contribution in [0.15, 0.2) is 59.1 Å². The van der Waals surface area contributed by atoms with Gasteiger partial charge in [0.2, 0.25) is 0 Å². The number of carbonyl (C=O) groups is 2. The number of amides is 1. The molecule has 1 aromatic carbocycles. The van der Waals surface area contributed by atoms with Gasteiger partial charge in [0.25, 0.3) is 5.91 Å². The first-order valence-corrected chi connectivity index (χ1v) is 10.2. The predicted octanol–water partition coefficient (Wildman–Crippen LogP) is 4.79. The van der Waals surface area contributed by atoms with E-state index in [-0.39, 0.29) is 21.9 Å². The van der Waals surface area contributed by atoms with E-state index in [1.807, 2.05) is 13.0 Å². The molecule has 2 aliphatic rings. The third-order valence-electron chi connectivity index (χ3n) is 5.55. The lowest BCUT2D eigenvalue weighted by Gasteiger charge is -2.35. The van der Waals surface area contributed by atoms with E-state index in [2.05, 4.69) is 15.6 Å². The molecule has 2 aromatic rings. The largest absolute Gasteiger partial charge is 0.362 e. The van der Waals surface area contributed by atoms with Gasteiger partial charge in [-0.05, 0) is 50.5 Å². The zero-order valence-corrected chi connectivity index (χ0v) is 17.4. The third-order valence-corrected chi connectivity index (χ3v) is 5.88. The van der Waals surface area contributed by atoms with Crippen molar-refractivity contribution in [2.24, 2.45) is 0 Å². The Morgan fingerprint density at radius 2 is 2.03 bits per heavy atom. The van der Waals surface area contributed by atoms with Gasteiger partial charge in [0.1, 0.15) is 11.6 Å². The lowest BCUT2D eigenvalue weighted by atomic mass is 9.75. The molecule has 1 atom stereocenters.